The number of nitrogens with zero attached hydrogens (tertiary/aromatic N) is 2. The summed E-state index contributed by atoms with van der Waals surface area (Å²) in [6, 6.07) is 9.38. The van der Waals surface area contributed by atoms with E-state index in [1.807, 2.05) is 6.92 Å². The Morgan fingerprint density at radius 2 is 1.97 bits per heavy atom. The van der Waals surface area contributed by atoms with E-state index in [2.05, 4.69) is 15.7 Å². The summed E-state index contributed by atoms with van der Waals surface area (Å²) < 4.78 is 47.1. The van der Waals surface area contributed by atoms with Crippen LogP contribution in [0.3, 0.4) is 0 Å². The van der Waals surface area contributed by atoms with Gasteiger partial charge in [0.1, 0.15) is 5.75 Å². The maximum atomic E-state index is 13.1. The normalized spacial score (nSPS) is 15.6. The third-order valence-corrected chi connectivity index (χ3v) is 6.48. The van der Waals surface area contributed by atoms with Gasteiger partial charge in [-0.25, -0.2) is 0 Å². The minimum Gasteiger partial charge on any atom is -0.490 e. The van der Waals surface area contributed by atoms with Crippen molar-refractivity contribution in [3.8, 4) is 17.0 Å². The molecular formula is C25H26ClF3N4O2. The van der Waals surface area contributed by atoms with Crippen LogP contribution in [-0.2, 0) is 13.2 Å². The van der Waals surface area contributed by atoms with Crippen molar-refractivity contribution in [3.05, 3.63) is 64.8 Å². The van der Waals surface area contributed by atoms with Gasteiger partial charge in [0.05, 0.1) is 28.6 Å². The van der Waals surface area contributed by atoms with Gasteiger partial charge in [0, 0.05) is 23.9 Å². The molecule has 0 spiro atoms. The van der Waals surface area contributed by atoms with Crippen LogP contribution in [0.2, 0.25) is 5.02 Å². The second-order valence-electron chi connectivity index (χ2n) is 8.62. The summed E-state index contributed by atoms with van der Waals surface area (Å²) in [6.07, 6.45) is -1.05. The third kappa shape index (κ3) is 5.79. The van der Waals surface area contributed by atoms with Gasteiger partial charge < -0.3 is 15.4 Å². The van der Waals surface area contributed by atoms with Gasteiger partial charge in [0.15, 0.2) is 0 Å². The molecule has 1 atom stereocenters. The Morgan fingerprint density at radius 1 is 1.23 bits per heavy atom. The summed E-state index contributed by atoms with van der Waals surface area (Å²) in [6.45, 7) is 3.92. The second-order valence-corrected chi connectivity index (χ2v) is 9.03. The lowest BCUT2D eigenvalue weighted by atomic mass is 9.93. The number of amides is 1. The third-order valence-electron chi connectivity index (χ3n) is 6.20. The molecule has 4 rings (SSSR count). The Kier molecular flexibility index (Phi) is 7.37. The van der Waals surface area contributed by atoms with E-state index in [-0.39, 0.29) is 11.7 Å². The number of anilines is 1. The first kappa shape index (κ1) is 25.1. The van der Waals surface area contributed by atoms with Crippen molar-refractivity contribution >= 4 is 23.2 Å². The number of hydrogen-bond donors (Lipinski definition) is 2. The van der Waals surface area contributed by atoms with Crippen LogP contribution in [-0.4, -0.2) is 34.9 Å². The zero-order valence-corrected chi connectivity index (χ0v) is 20.1. The number of halogens is 4. The van der Waals surface area contributed by atoms with E-state index in [0.717, 1.165) is 38.1 Å². The fourth-order valence-corrected chi connectivity index (χ4v) is 4.53. The average Bonchev–Trinajstić information content (AvgIpc) is 3.17. The van der Waals surface area contributed by atoms with Crippen LogP contribution < -0.4 is 15.4 Å². The number of aryl methyl sites for hydroxylation is 1. The number of carbonyl (C=O) groups is 1. The van der Waals surface area contributed by atoms with E-state index in [1.54, 1.807) is 29.9 Å². The van der Waals surface area contributed by atoms with E-state index in [9.17, 15) is 18.0 Å². The largest absolute Gasteiger partial charge is 0.490 e. The number of rotatable bonds is 6. The molecule has 2 aromatic carbocycles. The topological polar surface area (TPSA) is 68.2 Å². The van der Waals surface area contributed by atoms with Crippen LogP contribution in [0.4, 0.5) is 18.9 Å². The second kappa shape index (κ2) is 10.3. The van der Waals surface area contributed by atoms with Crippen LogP contribution >= 0.6 is 11.6 Å². The minimum atomic E-state index is -4.54. The highest BCUT2D eigenvalue weighted by Gasteiger charge is 2.31. The number of piperidine rings is 1. The molecule has 10 heteroatoms. The molecule has 1 aliphatic rings. The average molecular weight is 507 g/mol. The lowest BCUT2D eigenvalue weighted by Crippen LogP contribution is -2.35. The Balaban J connectivity index is 1.63. The first-order chi connectivity index (χ1) is 16.6. The molecule has 2 N–H and O–H groups in total. The van der Waals surface area contributed by atoms with Crippen molar-refractivity contribution in [3.63, 3.8) is 0 Å². The molecule has 1 aliphatic heterocycles. The van der Waals surface area contributed by atoms with Gasteiger partial charge in [0.25, 0.3) is 5.91 Å². The summed E-state index contributed by atoms with van der Waals surface area (Å²) in [5.74, 6) is 0.319. The SMILES string of the molecule is CC(Oc1ccc(NC(=O)c2cccc(C(F)(F)F)c2)cc1-c1c(Cl)cnn1C)C1CCNCC1. The van der Waals surface area contributed by atoms with Crippen molar-refractivity contribution in [2.24, 2.45) is 13.0 Å². The molecule has 0 radical (unpaired) electrons. The highest BCUT2D eigenvalue weighted by molar-refractivity contribution is 6.33. The van der Waals surface area contributed by atoms with E-state index in [4.69, 9.17) is 16.3 Å². The minimum absolute atomic E-state index is 0.0478. The van der Waals surface area contributed by atoms with Gasteiger partial charge in [-0.3, -0.25) is 9.48 Å². The molecule has 1 fully saturated rings. The van der Waals surface area contributed by atoms with Crippen LogP contribution in [0, 0.1) is 5.92 Å². The lowest BCUT2D eigenvalue weighted by Gasteiger charge is -2.29. The molecule has 35 heavy (non-hydrogen) atoms. The van der Waals surface area contributed by atoms with Crippen molar-refractivity contribution in [2.75, 3.05) is 18.4 Å². The van der Waals surface area contributed by atoms with Gasteiger partial charge in [-0.1, -0.05) is 17.7 Å². The molecule has 1 aromatic heterocycles. The Labute approximate surface area is 206 Å². The van der Waals surface area contributed by atoms with Crippen LogP contribution in [0.25, 0.3) is 11.3 Å². The van der Waals surface area contributed by atoms with Gasteiger partial charge in [0.2, 0.25) is 0 Å². The number of ether oxygens (including phenoxy) is 1. The Hall–Kier alpha value is -3.04. The zero-order chi connectivity index (χ0) is 25.2. The van der Waals surface area contributed by atoms with Crippen molar-refractivity contribution < 1.29 is 22.7 Å². The molecule has 2 heterocycles. The molecular weight excluding hydrogens is 481 g/mol. The molecule has 186 valence electrons. The number of hydrogen-bond acceptors (Lipinski definition) is 4. The molecule has 0 bridgehead atoms. The van der Waals surface area contributed by atoms with Crippen LogP contribution in [0.15, 0.2) is 48.7 Å². The number of aromatic nitrogens is 2. The summed E-state index contributed by atoms with van der Waals surface area (Å²) >= 11 is 6.41. The maximum absolute atomic E-state index is 13.1. The van der Waals surface area contributed by atoms with Crippen LogP contribution in [0.1, 0.15) is 35.7 Å². The number of nitrogens with one attached hydrogen (secondary N) is 2. The molecule has 0 saturated carbocycles. The monoisotopic (exact) mass is 506 g/mol. The van der Waals surface area contributed by atoms with Crippen LogP contribution in [0.5, 0.6) is 5.75 Å². The van der Waals surface area contributed by atoms with Gasteiger partial charge in [-0.2, -0.15) is 18.3 Å². The highest BCUT2D eigenvalue weighted by Crippen LogP contribution is 2.38. The van der Waals surface area contributed by atoms with Gasteiger partial charge >= 0.3 is 6.18 Å². The summed E-state index contributed by atoms with van der Waals surface area (Å²) in [7, 11) is 1.75. The fourth-order valence-electron chi connectivity index (χ4n) is 4.26. The Bertz CT molecular complexity index is 1190. The quantitative estimate of drug-likeness (QED) is 0.445. The predicted molar refractivity (Wildman–Crippen MR) is 129 cm³/mol. The molecule has 0 aliphatic carbocycles. The fraction of sp³-hybridized carbons (Fsp3) is 0.360. The maximum Gasteiger partial charge on any atom is 0.416 e. The number of alkyl halides is 3. The van der Waals surface area contributed by atoms with Crippen molar-refractivity contribution in [2.45, 2.75) is 32.0 Å². The smallest absolute Gasteiger partial charge is 0.416 e. The van der Waals surface area contributed by atoms with Gasteiger partial charge in [-0.15, -0.1) is 0 Å². The highest BCUT2D eigenvalue weighted by atomic mass is 35.5. The summed E-state index contributed by atoms with van der Waals surface area (Å²) in [4.78, 5) is 12.7. The molecule has 3 aromatic rings. The first-order valence-corrected chi connectivity index (χ1v) is 11.7. The molecule has 1 amide bonds. The first-order valence-electron chi connectivity index (χ1n) is 11.3. The molecule has 1 unspecified atom stereocenters. The van der Waals surface area contributed by atoms with E-state index in [0.29, 0.717) is 33.6 Å². The predicted octanol–water partition coefficient (Wildman–Crippen LogP) is 5.78. The Morgan fingerprint density at radius 3 is 2.63 bits per heavy atom. The van der Waals surface area contributed by atoms with Crippen molar-refractivity contribution in [1.29, 1.82) is 0 Å². The summed E-state index contributed by atoms with van der Waals surface area (Å²) in [5.41, 5.74) is 0.636. The summed E-state index contributed by atoms with van der Waals surface area (Å²) in [5, 5.41) is 10.6. The molecule has 1 saturated heterocycles. The molecule has 6 nitrogen and oxygen atoms in total. The van der Waals surface area contributed by atoms with E-state index in [1.165, 1.54) is 18.3 Å². The number of carbonyl (C=O) groups excluding carboxylic acids is 1. The van der Waals surface area contributed by atoms with Crippen molar-refractivity contribution in [1.82, 2.24) is 15.1 Å². The number of benzene rings is 2. The standard InChI is InChI=1S/C25H26ClF3N4O2/c1-15(16-8-10-30-11-9-16)35-22-7-6-19(13-20(22)23-21(26)14-31-33(23)2)32-24(34)17-4-3-5-18(12-17)25(27,28)29/h3-7,12-16,30H,8-11H2,1-2H3,(H,32,34). The zero-order valence-electron chi connectivity index (χ0n) is 19.3. The lowest BCUT2D eigenvalue weighted by molar-refractivity contribution is -0.137. The van der Waals surface area contributed by atoms with E-state index >= 15 is 0 Å². The van der Waals surface area contributed by atoms with Gasteiger partial charge in [-0.05, 0) is 75.2 Å². The van der Waals surface area contributed by atoms with E-state index < -0.39 is 17.6 Å².